The van der Waals surface area contributed by atoms with Crippen molar-refractivity contribution in [1.82, 2.24) is 20.6 Å². The Morgan fingerprint density at radius 1 is 0.939 bits per heavy atom. The standard InChI is InChI=1S/C25H27N5O2.HI/c1-4-26-25(28-13-21-16-31-24(30-21)20-11-7-18(3)8-12-20)29-15-23-27-14-22(32-23)19-9-5-17(2)6-10-19;/h5-12,14,16H,4,13,15H2,1-3H3,(H2,26,28,29);1H. The zero-order chi connectivity index (χ0) is 22.3. The molecule has 0 amide bonds. The summed E-state index contributed by atoms with van der Waals surface area (Å²) in [4.78, 5) is 13.5. The molecule has 2 aromatic carbocycles. The van der Waals surface area contributed by atoms with Crippen LogP contribution in [0.5, 0.6) is 0 Å². The Hall–Kier alpha value is -3.14. The minimum Gasteiger partial charge on any atom is -0.444 e. The first-order valence-corrected chi connectivity index (χ1v) is 10.7. The zero-order valence-corrected chi connectivity index (χ0v) is 21.3. The number of aromatic nitrogens is 2. The summed E-state index contributed by atoms with van der Waals surface area (Å²) in [5.74, 6) is 2.59. The molecule has 0 aliphatic heterocycles. The van der Waals surface area contributed by atoms with Gasteiger partial charge in [0.15, 0.2) is 11.7 Å². The van der Waals surface area contributed by atoms with Crippen LogP contribution in [0.15, 0.2) is 74.8 Å². The number of aliphatic imine (C=N–C) groups is 1. The normalized spacial score (nSPS) is 11.2. The van der Waals surface area contributed by atoms with Crippen molar-refractivity contribution >= 4 is 29.9 Å². The zero-order valence-electron chi connectivity index (χ0n) is 19.0. The topological polar surface area (TPSA) is 88.5 Å². The van der Waals surface area contributed by atoms with Gasteiger partial charge in [-0.3, -0.25) is 0 Å². The van der Waals surface area contributed by atoms with E-state index in [1.807, 2.05) is 43.3 Å². The maximum atomic E-state index is 5.88. The van der Waals surface area contributed by atoms with E-state index in [9.17, 15) is 0 Å². The van der Waals surface area contributed by atoms with Crippen LogP contribution >= 0.6 is 24.0 Å². The summed E-state index contributed by atoms with van der Waals surface area (Å²) in [6.07, 6.45) is 3.39. The highest BCUT2D eigenvalue weighted by atomic mass is 127. The monoisotopic (exact) mass is 557 g/mol. The summed E-state index contributed by atoms with van der Waals surface area (Å²) in [5.41, 5.74) is 5.12. The van der Waals surface area contributed by atoms with E-state index in [1.165, 1.54) is 11.1 Å². The molecule has 2 heterocycles. The van der Waals surface area contributed by atoms with Crippen LogP contribution in [-0.4, -0.2) is 22.5 Å². The number of nitrogens with zero attached hydrogens (tertiary/aromatic N) is 3. The minimum atomic E-state index is 0. The van der Waals surface area contributed by atoms with Crippen LogP contribution in [-0.2, 0) is 13.1 Å². The molecule has 7 nitrogen and oxygen atoms in total. The Morgan fingerprint density at radius 2 is 1.61 bits per heavy atom. The molecule has 33 heavy (non-hydrogen) atoms. The molecule has 0 fully saturated rings. The highest BCUT2D eigenvalue weighted by Gasteiger charge is 2.09. The molecule has 172 valence electrons. The number of halogens is 1. The second-order valence-electron chi connectivity index (χ2n) is 7.54. The number of hydrogen-bond acceptors (Lipinski definition) is 5. The summed E-state index contributed by atoms with van der Waals surface area (Å²) in [5, 5.41) is 6.47. The molecule has 0 spiro atoms. The number of hydrogen-bond donors (Lipinski definition) is 2. The molecule has 0 saturated heterocycles. The van der Waals surface area contributed by atoms with Gasteiger partial charge in [-0.2, -0.15) is 0 Å². The van der Waals surface area contributed by atoms with E-state index in [0.29, 0.717) is 30.8 Å². The fourth-order valence-electron chi connectivity index (χ4n) is 3.11. The summed E-state index contributed by atoms with van der Waals surface area (Å²) in [7, 11) is 0. The van der Waals surface area contributed by atoms with Gasteiger partial charge >= 0.3 is 0 Å². The van der Waals surface area contributed by atoms with Crippen molar-refractivity contribution in [2.24, 2.45) is 4.99 Å². The number of rotatable bonds is 7. The molecule has 0 bridgehead atoms. The van der Waals surface area contributed by atoms with Crippen LogP contribution in [0.1, 0.15) is 29.6 Å². The van der Waals surface area contributed by atoms with Crippen molar-refractivity contribution in [3.63, 3.8) is 0 Å². The average molecular weight is 557 g/mol. The highest BCUT2D eigenvalue weighted by Crippen LogP contribution is 2.21. The van der Waals surface area contributed by atoms with Gasteiger partial charge < -0.3 is 19.5 Å². The van der Waals surface area contributed by atoms with Crippen LogP contribution in [0, 0.1) is 13.8 Å². The van der Waals surface area contributed by atoms with Gasteiger partial charge in [-0.05, 0) is 32.9 Å². The van der Waals surface area contributed by atoms with E-state index in [0.717, 1.165) is 29.1 Å². The van der Waals surface area contributed by atoms with E-state index in [1.54, 1.807) is 12.5 Å². The predicted octanol–water partition coefficient (Wildman–Crippen LogP) is 5.49. The van der Waals surface area contributed by atoms with Crippen molar-refractivity contribution in [2.75, 3.05) is 6.54 Å². The van der Waals surface area contributed by atoms with E-state index < -0.39 is 0 Å². The van der Waals surface area contributed by atoms with Gasteiger partial charge in [-0.25, -0.2) is 15.0 Å². The smallest absolute Gasteiger partial charge is 0.226 e. The molecular formula is C25H28IN5O2. The lowest BCUT2D eigenvalue weighted by Gasteiger charge is -2.09. The van der Waals surface area contributed by atoms with Gasteiger partial charge in [0, 0.05) is 17.7 Å². The summed E-state index contributed by atoms with van der Waals surface area (Å²) in [6, 6.07) is 16.2. The first-order valence-electron chi connectivity index (χ1n) is 10.7. The first kappa shape index (κ1) is 24.5. The van der Waals surface area contributed by atoms with Gasteiger partial charge in [0.25, 0.3) is 0 Å². The van der Waals surface area contributed by atoms with Crippen LogP contribution < -0.4 is 10.6 Å². The quantitative estimate of drug-likeness (QED) is 0.178. The van der Waals surface area contributed by atoms with Gasteiger partial charge in [0.1, 0.15) is 12.0 Å². The number of oxazole rings is 2. The number of aryl methyl sites for hydroxylation is 2. The lowest BCUT2D eigenvalue weighted by atomic mass is 10.1. The summed E-state index contributed by atoms with van der Waals surface area (Å²) < 4.78 is 11.5. The van der Waals surface area contributed by atoms with Crippen molar-refractivity contribution in [1.29, 1.82) is 0 Å². The SMILES string of the molecule is CCNC(=NCc1coc(-c2ccc(C)cc2)n1)NCc1ncc(-c2ccc(C)cc2)o1.I. The summed E-state index contributed by atoms with van der Waals surface area (Å²) in [6.45, 7) is 7.68. The molecule has 4 rings (SSSR count). The molecule has 2 aromatic heterocycles. The molecule has 0 unspecified atom stereocenters. The van der Waals surface area contributed by atoms with Crippen LogP contribution in [0.25, 0.3) is 22.8 Å². The number of benzene rings is 2. The van der Waals surface area contributed by atoms with Crippen LogP contribution in [0.3, 0.4) is 0 Å². The molecule has 2 N–H and O–H groups in total. The highest BCUT2D eigenvalue weighted by molar-refractivity contribution is 14.0. The third kappa shape index (κ3) is 6.67. The number of nitrogens with one attached hydrogen (secondary N) is 2. The third-order valence-corrected chi connectivity index (χ3v) is 4.89. The molecule has 4 aromatic rings. The van der Waals surface area contributed by atoms with Crippen LogP contribution in [0.4, 0.5) is 0 Å². The fourth-order valence-corrected chi connectivity index (χ4v) is 3.11. The third-order valence-electron chi connectivity index (χ3n) is 4.89. The van der Waals surface area contributed by atoms with E-state index in [2.05, 4.69) is 51.6 Å². The molecular weight excluding hydrogens is 529 g/mol. The second-order valence-corrected chi connectivity index (χ2v) is 7.54. The second kappa shape index (κ2) is 11.6. The van der Waals surface area contributed by atoms with E-state index >= 15 is 0 Å². The first-order chi connectivity index (χ1) is 15.6. The lowest BCUT2D eigenvalue weighted by molar-refractivity contribution is 0.497. The number of guanidine groups is 1. The van der Waals surface area contributed by atoms with Crippen molar-refractivity contribution in [3.8, 4) is 22.8 Å². The van der Waals surface area contributed by atoms with Gasteiger partial charge in [-0.15, -0.1) is 24.0 Å². The van der Waals surface area contributed by atoms with Gasteiger partial charge in [0.2, 0.25) is 11.8 Å². The molecule has 0 aliphatic carbocycles. The minimum absolute atomic E-state index is 0. The average Bonchev–Trinajstić information content (AvgIpc) is 3.47. The van der Waals surface area contributed by atoms with Gasteiger partial charge in [-0.1, -0.05) is 47.5 Å². The molecule has 0 aliphatic rings. The van der Waals surface area contributed by atoms with Gasteiger partial charge in [0.05, 0.1) is 19.3 Å². The largest absolute Gasteiger partial charge is 0.444 e. The molecule has 8 heteroatoms. The Bertz CT molecular complexity index is 1180. The predicted molar refractivity (Wildman–Crippen MR) is 140 cm³/mol. The molecule has 0 atom stereocenters. The van der Waals surface area contributed by atoms with Crippen LogP contribution in [0.2, 0.25) is 0 Å². The maximum Gasteiger partial charge on any atom is 0.226 e. The maximum absolute atomic E-state index is 5.88. The van der Waals surface area contributed by atoms with Crippen molar-refractivity contribution < 1.29 is 8.83 Å². The fraction of sp³-hybridized carbons (Fsp3) is 0.240. The van der Waals surface area contributed by atoms with Crippen molar-refractivity contribution in [3.05, 3.63) is 83.7 Å². The molecule has 0 radical (unpaired) electrons. The Balaban J connectivity index is 0.00000306. The van der Waals surface area contributed by atoms with Crippen molar-refractivity contribution in [2.45, 2.75) is 33.9 Å². The Labute approximate surface area is 210 Å². The molecule has 0 saturated carbocycles. The lowest BCUT2D eigenvalue weighted by Crippen LogP contribution is -2.36. The Kier molecular flexibility index (Phi) is 8.65. The summed E-state index contributed by atoms with van der Waals surface area (Å²) >= 11 is 0. The van der Waals surface area contributed by atoms with E-state index in [4.69, 9.17) is 8.83 Å². The van der Waals surface area contributed by atoms with E-state index in [-0.39, 0.29) is 24.0 Å². The Morgan fingerprint density at radius 3 is 2.27 bits per heavy atom.